The summed E-state index contributed by atoms with van der Waals surface area (Å²) < 4.78 is 1.60. The van der Waals surface area contributed by atoms with E-state index in [4.69, 9.17) is 27.4 Å². The van der Waals surface area contributed by atoms with E-state index in [0.717, 1.165) is 60.8 Å². The molecule has 2 aromatic heterocycles. The van der Waals surface area contributed by atoms with Crippen LogP contribution < -0.4 is 5.73 Å². The van der Waals surface area contributed by atoms with E-state index in [1.54, 1.807) is 4.68 Å². The minimum Gasteiger partial charge on any atom is -0.476 e. The first kappa shape index (κ1) is 20.0. The summed E-state index contributed by atoms with van der Waals surface area (Å²) >= 11 is 6.16. The van der Waals surface area contributed by atoms with E-state index in [2.05, 4.69) is 16.4 Å². The van der Waals surface area contributed by atoms with Crippen molar-refractivity contribution in [2.75, 3.05) is 5.73 Å². The number of aromatic carboxylic acids is 1. The van der Waals surface area contributed by atoms with Gasteiger partial charge in [-0.2, -0.15) is 0 Å². The standard InChI is InChI=1S/C23H24ClN5O2/c24-16-4-5-17-18(11-16)26-19-10-14-7-13(8-15(9-14)21(19)22(17)25)3-1-2-6-29-12-20(23(30)31)27-28-29/h4-5,7,11-12,14-15H,1-3,6,8-10H2,(H2,25,26)(H,30,31). The molecule has 0 spiro atoms. The van der Waals surface area contributed by atoms with Gasteiger partial charge in [0, 0.05) is 33.9 Å². The molecule has 0 aliphatic heterocycles. The number of aromatic nitrogens is 4. The number of rotatable bonds is 6. The molecule has 0 radical (unpaired) electrons. The predicted molar refractivity (Wildman–Crippen MR) is 119 cm³/mol. The number of carboxylic acid groups (broad SMARTS) is 1. The van der Waals surface area contributed by atoms with E-state index in [9.17, 15) is 4.79 Å². The zero-order valence-electron chi connectivity index (χ0n) is 17.1. The molecule has 2 bridgehead atoms. The van der Waals surface area contributed by atoms with Gasteiger partial charge in [0.2, 0.25) is 0 Å². The monoisotopic (exact) mass is 437 g/mol. The first-order valence-corrected chi connectivity index (χ1v) is 11.1. The minimum absolute atomic E-state index is 0.0116. The zero-order chi connectivity index (χ0) is 21.5. The number of fused-ring (bicyclic) bond motifs is 5. The summed E-state index contributed by atoms with van der Waals surface area (Å²) in [7, 11) is 0. The van der Waals surface area contributed by atoms with Gasteiger partial charge in [-0.1, -0.05) is 28.5 Å². The second kappa shape index (κ2) is 7.96. The first-order valence-electron chi connectivity index (χ1n) is 10.7. The molecule has 2 heterocycles. The van der Waals surface area contributed by atoms with Gasteiger partial charge < -0.3 is 10.8 Å². The maximum atomic E-state index is 10.9. The van der Waals surface area contributed by atoms with E-state index < -0.39 is 5.97 Å². The highest BCUT2D eigenvalue weighted by atomic mass is 35.5. The number of carbonyl (C=O) groups is 1. The van der Waals surface area contributed by atoms with E-state index in [1.807, 2.05) is 18.2 Å². The van der Waals surface area contributed by atoms with Crippen molar-refractivity contribution in [3.05, 3.63) is 58.0 Å². The molecule has 0 saturated carbocycles. The maximum Gasteiger partial charge on any atom is 0.358 e. The van der Waals surface area contributed by atoms with Crippen LogP contribution in [0.25, 0.3) is 10.9 Å². The SMILES string of the molecule is Nc1c2c(nc3cc(Cl)ccc13)CC1C=C(CCCCn3cc(C(=O)O)nn3)CC2C1. The van der Waals surface area contributed by atoms with Crippen molar-refractivity contribution in [1.82, 2.24) is 20.0 Å². The summed E-state index contributed by atoms with van der Waals surface area (Å²) in [6.07, 6.45) is 10.0. The highest BCUT2D eigenvalue weighted by Crippen LogP contribution is 2.47. The molecule has 0 saturated heterocycles. The number of unbranched alkanes of at least 4 members (excludes halogenated alkanes) is 1. The molecule has 0 amide bonds. The molecule has 1 aromatic carbocycles. The Morgan fingerprint density at radius 3 is 2.97 bits per heavy atom. The molecule has 160 valence electrons. The molecular formula is C23H24ClN5O2. The smallest absolute Gasteiger partial charge is 0.358 e. The van der Waals surface area contributed by atoms with Crippen LogP contribution in [0.2, 0.25) is 5.02 Å². The van der Waals surface area contributed by atoms with E-state index in [-0.39, 0.29) is 5.69 Å². The fourth-order valence-electron chi connectivity index (χ4n) is 5.10. The van der Waals surface area contributed by atoms with Crippen LogP contribution in [0.15, 0.2) is 36.0 Å². The number of aryl methyl sites for hydroxylation is 1. The number of nitrogens with two attached hydrogens (primary N) is 1. The topological polar surface area (TPSA) is 107 Å². The van der Waals surface area contributed by atoms with Crippen LogP contribution in [-0.2, 0) is 13.0 Å². The average molecular weight is 438 g/mol. The van der Waals surface area contributed by atoms with E-state index >= 15 is 0 Å². The Morgan fingerprint density at radius 2 is 2.16 bits per heavy atom. The van der Waals surface area contributed by atoms with Crippen molar-refractivity contribution in [3.63, 3.8) is 0 Å². The molecule has 31 heavy (non-hydrogen) atoms. The molecule has 3 aromatic rings. The van der Waals surface area contributed by atoms with Crippen molar-refractivity contribution >= 4 is 34.2 Å². The molecule has 0 fully saturated rings. The zero-order valence-corrected chi connectivity index (χ0v) is 17.8. The third kappa shape index (κ3) is 3.90. The molecule has 8 heteroatoms. The van der Waals surface area contributed by atoms with Gasteiger partial charge in [-0.25, -0.2) is 4.79 Å². The highest BCUT2D eigenvalue weighted by Gasteiger charge is 2.33. The van der Waals surface area contributed by atoms with Crippen molar-refractivity contribution in [3.8, 4) is 0 Å². The van der Waals surface area contributed by atoms with Gasteiger partial charge in [-0.15, -0.1) is 5.10 Å². The van der Waals surface area contributed by atoms with Gasteiger partial charge in [0.25, 0.3) is 0 Å². The van der Waals surface area contributed by atoms with Gasteiger partial charge in [-0.3, -0.25) is 9.67 Å². The van der Waals surface area contributed by atoms with Gasteiger partial charge in [-0.05, 0) is 68.6 Å². The van der Waals surface area contributed by atoms with Gasteiger partial charge in [0.05, 0.1) is 11.7 Å². The van der Waals surface area contributed by atoms with Crippen LogP contribution in [0.3, 0.4) is 0 Å². The molecule has 3 N–H and O–H groups in total. The van der Waals surface area contributed by atoms with E-state index in [1.165, 1.54) is 17.3 Å². The third-order valence-corrected chi connectivity index (χ3v) is 6.67. The van der Waals surface area contributed by atoms with Crippen LogP contribution in [0.5, 0.6) is 0 Å². The van der Waals surface area contributed by atoms with Crippen molar-refractivity contribution < 1.29 is 9.90 Å². The summed E-state index contributed by atoms with van der Waals surface area (Å²) in [5, 5.41) is 18.1. The number of nitrogens with zero attached hydrogens (tertiary/aromatic N) is 4. The predicted octanol–water partition coefficient (Wildman–Crippen LogP) is 4.61. The largest absolute Gasteiger partial charge is 0.476 e. The summed E-state index contributed by atoms with van der Waals surface area (Å²) in [5.41, 5.74) is 12.2. The molecule has 2 aliphatic carbocycles. The molecule has 7 nitrogen and oxygen atoms in total. The van der Waals surface area contributed by atoms with Crippen LogP contribution >= 0.6 is 11.6 Å². The minimum atomic E-state index is -1.05. The van der Waals surface area contributed by atoms with Crippen molar-refractivity contribution in [1.29, 1.82) is 0 Å². The first-order chi connectivity index (χ1) is 15.0. The number of hydrogen-bond acceptors (Lipinski definition) is 5. The lowest BCUT2D eigenvalue weighted by Gasteiger charge is -2.36. The van der Waals surface area contributed by atoms with Crippen LogP contribution in [-0.4, -0.2) is 31.1 Å². The Bertz CT molecular complexity index is 1200. The molecular weight excluding hydrogens is 414 g/mol. The Morgan fingerprint density at radius 1 is 1.29 bits per heavy atom. The van der Waals surface area contributed by atoms with Crippen LogP contribution in [0.1, 0.15) is 59.8 Å². The van der Waals surface area contributed by atoms with Crippen molar-refractivity contribution in [2.45, 2.75) is 51.0 Å². The lowest BCUT2D eigenvalue weighted by Crippen LogP contribution is -2.24. The number of carboxylic acids is 1. The van der Waals surface area contributed by atoms with Gasteiger partial charge in [0.1, 0.15) is 0 Å². The summed E-state index contributed by atoms with van der Waals surface area (Å²) in [4.78, 5) is 15.8. The number of halogens is 1. The van der Waals surface area contributed by atoms with Gasteiger partial charge >= 0.3 is 5.97 Å². The van der Waals surface area contributed by atoms with Crippen molar-refractivity contribution in [2.24, 2.45) is 5.92 Å². The number of nitrogen functional groups attached to an aromatic ring is 1. The average Bonchev–Trinajstić information content (AvgIpc) is 3.20. The molecule has 5 rings (SSSR count). The molecule has 2 unspecified atom stereocenters. The second-order valence-corrected chi connectivity index (χ2v) is 9.04. The summed E-state index contributed by atoms with van der Waals surface area (Å²) in [5.74, 6) is -0.108. The Labute approximate surface area is 184 Å². The number of anilines is 1. The number of hydrogen-bond donors (Lipinski definition) is 2. The number of allylic oxidation sites excluding steroid dienone is 2. The highest BCUT2D eigenvalue weighted by molar-refractivity contribution is 6.31. The summed E-state index contributed by atoms with van der Waals surface area (Å²) in [6.45, 7) is 0.675. The normalized spacial score (nSPS) is 19.8. The van der Waals surface area contributed by atoms with Crippen LogP contribution in [0.4, 0.5) is 5.69 Å². The van der Waals surface area contributed by atoms with E-state index in [0.29, 0.717) is 23.4 Å². The number of benzene rings is 1. The molecule has 2 aliphatic rings. The Hall–Kier alpha value is -2.93. The lowest BCUT2D eigenvalue weighted by molar-refractivity contribution is 0.0690. The fraction of sp³-hybridized carbons (Fsp3) is 0.391. The second-order valence-electron chi connectivity index (χ2n) is 8.60. The third-order valence-electron chi connectivity index (χ3n) is 6.43. The lowest BCUT2D eigenvalue weighted by atomic mass is 9.70. The summed E-state index contributed by atoms with van der Waals surface area (Å²) in [6, 6.07) is 5.75. The molecule has 2 atom stereocenters. The maximum absolute atomic E-state index is 10.9. The van der Waals surface area contributed by atoms with Gasteiger partial charge in [0.15, 0.2) is 5.69 Å². The fourth-order valence-corrected chi connectivity index (χ4v) is 5.27. The Kier molecular flexibility index (Phi) is 5.14. The quantitative estimate of drug-likeness (QED) is 0.431. The van der Waals surface area contributed by atoms with Crippen LogP contribution in [0, 0.1) is 5.92 Å². The Balaban J connectivity index is 1.26. The number of pyridine rings is 1.